The lowest BCUT2D eigenvalue weighted by atomic mass is 9.92. The summed E-state index contributed by atoms with van der Waals surface area (Å²) in [4.78, 5) is 35.1. The van der Waals surface area contributed by atoms with Gasteiger partial charge in [0, 0.05) is 47.9 Å². The van der Waals surface area contributed by atoms with Crippen LogP contribution in [0.2, 0.25) is 10.0 Å². The number of anilines is 2. The number of hydrogen-bond acceptors (Lipinski definition) is 4. The second kappa shape index (κ2) is 9.85. The van der Waals surface area contributed by atoms with Crippen LogP contribution in [-0.2, 0) is 20.8 Å². The van der Waals surface area contributed by atoms with Gasteiger partial charge >= 0.3 is 5.97 Å². The van der Waals surface area contributed by atoms with Crippen LogP contribution >= 0.6 is 23.2 Å². The fourth-order valence-corrected chi connectivity index (χ4v) is 3.94. The number of carboxylic acids is 1. The monoisotopic (exact) mass is 461 g/mol. The largest absolute Gasteiger partial charge is 0.480 e. The highest BCUT2D eigenvalue weighted by Gasteiger charge is 2.29. The minimum Gasteiger partial charge on any atom is -0.480 e. The van der Waals surface area contributed by atoms with Crippen molar-refractivity contribution in [2.45, 2.75) is 25.8 Å². The van der Waals surface area contributed by atoms with Crippen molar-refractivity contribution in [1.29, 1.82) is 0 Å². The number of amides is 2. The molecule has 2 aromatic carbocycles. The van der Waals surface area contributed by atoms with Crippen molar-refractivity contribution in [3.8, 4) is 0 Å². The van der Waals surface area contributed by atoms with Crippen molar-refractivity contribution >= 4 is 57.9 Å². The zero-order valence-electron chi connectivity index (χ0n) is 16.7. The van der Waals surface area contributed by atoms with E-state index in [1.165, 1.54) is 13.0 Å². The standard InChI is InChI=1S/C22H21Cl2N3O4/c1-12(28)25-7-6-13-2-4-16(5-3-13)26-20(29)9-14-8-19(22(30)31)27-18-11-15(23)10-17(24)21(14)18/h2-5,9-11,19,27H,6-8H2,1H3,(H,25,28)(H,26,29)(H,30,31). The first-order valence-corrected chi connectivity index (χ1v) is 10.3. The molecule has 1 aliphatic rings. The lowest BCUT2D eigenvalue weighted by molar-refractivity contribution is -0.137. The van der Waals surface area contributed by atoms with Gasteiger partial charge in [0.25, 0.3) is 0 Å². The number of aliphatic carboxylic acids is 1. The van der Waals surface area contributed by atoms with Gasteiger partial charge in [-0.3, -0.25) is 9.59 Å². The number of hydrogen-bond donors (Lipinski definition) is 4. The van der Waals surface area contributed by atoms with Gasteiger partial charge in [0.15, 0.2) is 0 Å². The van der Waals surface area contributed by atoms with Gasteiger partial charge in [-0.05, 0) is 41.8 Å². The Morgan fingerprint density at radius 2 is 1.90 bits per heavy atom. The molecule has 0 aromatic heterocycles. The lowest BCUT2D eigenvalue weighted by Crippen LogP contribution is -2.33. The highest BCUT2D eigenvalue weighted by Crippen LogP contribution is 2.40. The minimum absolute atomic E-state index is 0.0797. The number of carbonyl (C=O) groups excluding carboxylic acids is 2. The van der Waals surface area contributed by atoms with Gasteiger partial charge in [-0.2, -0.15) is 0 Å². The molecule has 0 radical (unpaired) electrons. The number of carboxylic acid groups (broad SMARTS) is 1. The third-order valence-corrected chi connectivity index (χ3v) is 5.26. The predicted octanol–water partition coefficient (Wildman–Crippen LogP) is 3.96. The van der Waals surface area contributed by atoms with E-state index >= 15 is 0 Å². The summed E-state index contributed by atoms with van der Waals surface area (Å²) >= 11 is 12.4. The van der Waals surface area contributed by atoms with E-state index in [0.717, 1.165) is 5.56 Å². The lowest BCUT2D eigenvalue weighted by Gasteiger charge is -2.27. The zero-order chi connectivity index (χ0) is 22.5. The maximum absolute atomic E-state index is 12.6. The van der Waals surface area contributed by atoms with Gasteiger partial charge in [-0.25, -0.2) is 4.79 Å². The van der Waals surface area contributed by atoms with Crippen LogP contribution in [-0.4, -0.2) is 35.5 Å². The smallest absolute Gasteiger partial charge is 0.326 e. The number of rotatable bonds is 6. The van der Waals surface area contributed by atoms with E-state index in [1.54, 1.807) is 24.3 Å². The summed E-state index contributed by atoms with van der Waals surface area (Å²) in [5.74, 6) is -1.52. The van der Waals surface area contributed by atoms with E-state index in [1.807, 2.05) is 12.1 Å². The van der Waals surface area contributed by atoms with E-state index in [-0.39, 0.29) is 12.3 Å². The molecule has 1 heterocycles. The summed E-state index contributed by atoms with van der Waals surface area (Å²) in [6, 6.07) is 9.50. The SMILES string of the molecule is CC(=O)NCCc1ccc(NC(=O)C=C2CC(C(=O)O)Nc3cc(Cl)cc(Cl)c32)cc1. The van der Waals surface area contributed by atoms with Crippen molar-refractivity contribution in [2.24, 2.45) is 0 Å². The molecule has 9 heteroatoms. The number of halogens is 2. The molecule has 1 unspecified atom stereocenters. The summed E-state index contributed by atoms with van der Waals surface area (Å²) in [7, 11) is 0. The Labute approximate surface area is 189 Å². The van der Waals surface area contributed by atoms with Gasteiger partial charge in [-0.1, -0.05) is 35.3 Å². The second-order valence-electron chi connectivity index (χ2n) is 7.14. The first kappa shape index (κ1) is 22.7. The molecular weight excluding hydrogens is 441 g/mol. The van der Waals surface area contributed by atoms with Crippen LogP contribution in [0, 0.1) is 0 Å². The van der Waals surface area contributed by atoms with E-state index < -0.39 is 17.9 Å². The molecule has 0 bridgehead atoms. The summed E-state index contributed by atoms with van der Waals surface area (Å²) in [5, 5.41) is 18.5. The van der Waals surface area contributed by atoms with Crippen LogP contribution < -0.4 is 16.0 Å². The Kier molecular flexibility index (Phi) is 7.20. The molecular formula is C22H21Cl2N3O4. The van der Waals surface area contributed by atoms with Gasteiger partial charge in [-0.15, -0.1) is 0 Å². The van der Waals surface area contributed by atoms with Crippen molar-refractivity contribution in [3.05, 3.63) is 63.6 Å². The Morgan fingerprint density at radius 1 is 1.19 bits per heavy atom. The average Bonchev–Trinajstić information content (AvgIpc) is 2.68. The fraction of sp³-hybridized carbons (Fsp3) is 0.227. The summed E-state index contributed by atoms with van der Waals surface area (Å²) < 4.78 is 0. The minimum atomic E-state index is -1.04. The quantitative estimate of drug-likeness (QED) is 0.486. The molecule has 1 atom stereocenters. The van der Waals surface area contributed by atoms with Crippen LogP contribution in [0.5, 0.6) is 0 Å². The van der Waals surface area contributed by atoms with E-state index in [4.69, 9.17) is 23.2 Å². The Morgan fingerprint density at radius 3 is 2.55 bits per heavy atom. The molecule has 2 aromatic rings. The molecule has 0 saturated heterocycles. The maximum Gasteiger partial charge on any atom is 0.326 e. The average molecular weight is 462 g/mol. The Bertz CT molecular complexity index is 1050. The molecule has 2 amide bonds. The normalized spacial score (nSPS) is 16.2. The maximum atomic E-state index is 12.6. The number of nitrogens with one attached hydrogen (secondary N) is 3. The molecule has 0 saturated carbocycles. The van der Waals surface area contributed by atoms with Crippen LogP contribution in [0.25, 0.3) is 5.57 Å². The van der Waals surface area contributed by atoms with Gasteiger partial charge in [0.1, 0.15) is 6.04 Å². The molecule has 3 rings (SSSR count). The zero-order valence-corrected chi connectivity index (χ0v) is 18.2. The van der Waals surface area contributed by atoms with Gasteiger partial charge in [0.2, 0.25) is 11.8 Å². The van der Waals surface area contributed by atoms with Crippen molar-refractivity contribution in [3.63, 3.8) is 0 Å². The molecule has 0 spiro atoms. The number of benzene rings is 2. The van der Waals surface area contributed by atoms with Crippen LogP contribution in [0.4, 0.5) is 11.4 Å². The first-order valence-electron chi connectivity index (χ1n) is 9.56. The van der Waals surface area contributed by atoms with Crippen LogP contribution in [0.3, 0.4) is 0 Å². The topological polar surface area (TPSA) is 108 Å². The van der Waals surface area contributed by atoms with Gasteiger partial charge in [0.05, 0.1) is 5.02 Å². The molecule has 162 valence electrons. The summed E-state index contributed by atoms with van der Waals surface area (Å²) in [6.07, 6.45) is 2.14. The van der Waals surface area contributed by atoms with Gasteiger partial charge < -0.3 is 21.1 Å². The fourth-order valence-electron chi connectivity index (χ4n) is 3.33. The molecule has 0 aliphatic carbocycles. The van der Waals surface area contributed by atoms with Crippen molar-refractivity contribution < 1.29 is 19.5 Å². The third-order valence-electron chi connectivity index (χ3n) is 4.74. The summed E-state index contributed by atoms with van der Waals surface area (Å²) in [6.45, 7) is 2.00. The number of carbonyl (C=O) groups is 3. The van der Waals surface area contributed by atoms with Crippen LogP contribution in [0.15, 0.2) is 42.5 Å². The molecule has 4 N–H and O–H groups in total. The van der Waals surface area contributed by atoms with E-state index in [9.17, 15) is 19.5 Å². The van der Waals surface area contributed by atoms with Crippen molar-refractivity contribution in [1.82, 2.24) is 5.32 Å². The molecule has 1 aliphatic heterocycles. The Balaban J connectivity index is 1.76. The Hall–Kier alpha value is -3.03. The van der Waals surface area contributed by atoms with Crippen LogP contribution in [0.1, 0.15) is 24.5 Å². The predicted molar refractivity (Wildman–Crippen MR) is 122 cm³/mol. The van der Waals surface area contributed by atoms with Crippen molar-refractivity contribution in [2.75, 3.05) is 17.2 Å². The second-order valence-corrected chi connectivity index (χ2v) is 7.98. The molecule has 0 fully saturated rings. The van der Waals surface area contributed by atoms with E-state index in [0.29, 0.717) is 45.5 Å². The summed E-state index contributed by atoms with van der Waals surface area (Å²) in [5.41, 5.74) is 3.15. The first-order chi connectivity index (χ1) is 14.7. The number of fused-ring (bicyclic) bond motifs is 1. The molecule has 31 heavy (non-hydrogen) atoms. The molecule has 7 nitrogen and oxygen atoms in total. The highest BCUT2D eigenvalue weighted by atomic mass is 35.5. The third kappa shape index (κ3) is 5.99. The van der Waals surface area contributed by atoms with E-state index in [2.05, 4.69) is 16.0 Å². The highest BCUT2D eigenvalue weighted by molar-refractivity contribution is 6.36.